The molecule has 25 heavy (non-hydrogen) atoms. The number of amides is 1. The van der Waals surface area contributed by atoms with Crippen molar-refractivity contribution in [2.45, 2.75) is 38.6 Å². The number of carbonyl (C=O) groups excluding carboxylic acids is 1. The van der Waals surface area contributed by atoms with E-state index in [0.717, 1.165) is 44.1 Å². The maximum atomic E-state index is 12.7. The maximum Gasteiger partial charge on any atom is 0.276 e. The zero-order chi connectivity index (χ0) is 17.2. The lowest BCUT2D eigenvalue weighted by molar-refractivity contribution is 0.0699. The summed E-state index contributed by atoms with van der Waals surface area (Å²) in [5.41, 5.74) is 2.53. The van der Waals surface area contributed by atoms with Gasteiger partial charge in [-0.25, -0.2) is 4.68 Å². The summed E-state index contributed by atoms with van der Waals surface area (Å²) in [5.74, 6) is 0.885. The zero-order valence-corrected chi connectivity index (χ0v) is 14.7. The predicted octanol–water partition coefficient (Wildman–Crippen LogP) is 2.18. The second-order valence-corrected chi connectivity index (χ2v) is 7.30. The van der Waals surface area contributed by atoms with Gasteiger partial charge in [-0.05, 0) is 57.2 Å². The normalized spacial score (nSPS) is 18.5. The van der Waals surface area contributed by atoms with Crippen molar-refractivity contribution in [3.05, 3.63) is 41.7 Å². The first-order valence-electron chi connectivity index (χ1n) is 9.21. The average Bonchev–Trinajstić information content (AvgIpc) is 3.35. The van der Waals surface area contributed by atoms with Crippen molar-refractivity contribution in [1.29, 1.82) is 0 Å². The smallest absolute Gasteiger partial charge is 0.276 e. The number of likely N-dealkylation sites (tertiary alicyclic amines) is 1. The molecule has 0 atom stereocenters. The molecule has 6 heteroatoms. The van der Waals surface area contributed by atoms with Crippen LogP contribution in [0, 0.1) is 12.8 Å². The molecule has 1 aromatic carbocycles. The van der Waals surface area contributed by atoms with Crippen LogP contribution < -0.4 is 5.32 Å². The van der Waals surface area contributed by atoms with Gasteiger partial charge < -0.3 is 10.2 Å². The van der Waals surface area contributed by atoms with E-state index in [1.807, 2.05) is 36.1 Å². The minimum atomic E-state index is -0.0148. The summed E-state index contributed by atoms with van der Waals surface area (Å²) < 4.78 is 1.66. The highest BCUT2D eigenvalue weighted by molar-refractivity contribution is 5.92. The number of benzene rings is 1. The molecule has 2 heterocycles. The van der Waals surface area contributed by atoms with Gasteiger partial charge >= 0.3 is 0 Å². The fourth-order valence-corrected chi connectivity index (χ4v) is 3.29. The fourth-order valence-electron chi connectivity index (χ4n) is 3.29. The molecule has 6 nitrogen and oxygen atoms in total. The molecule has 1 saturated carbocycles. The summed E-state index contributed by atoms with van der Waals surface area (Å²) in [4.78, 5) is 14.6. The zero-order valence-electron chi connectivity index (χ0n) is 14.7. The number of rotatable bonds is 5. The third kappa shape index (κ3) is 3.90. The minimum Gasteiger partial charge on any atom is -0.337 e. The van der Waals surface area contributed by atoms with Gasteiger partial charge in [-0.1, -0.05) is 22.9 Å². The van der Waals surface area contributed by atoms with Crippen LogP contribution in [0.3, 0.4) is 0 Å². The SMILES string of the molecule is Cc1ccc(-n2cc(C(=O)N3CCC(NCC4CC4)CC3)nn2)cc1. The van der Waals surface area contributed by atoms with Crippen LogP contribution in [-0.4, -0.2) is 51.5 Å². The maximum absolute atomic E-state index is 12.7. The number of aromatic nitrogens is 3. The lowest BCUT2D eigenvalue weighted by Crippen LogP contribution is -2.45. The standard InChI is InChI=1S/C19H25N5O/c1-14-2-6-17(7-3-14)24-13-18(21-22-24)19(25)23-10-8-16(9-11-23)20-12-15-4-5-15/h2-3,6-7,13,15-16,20H,4-5,8-12H2,1H3. The third-order valence-corrected chi connectivity index (χ3v) is 5.19. The highest BCUT2D eigenvalue weighted by atomic mass is 16.2. The van der Waals surface area contributed by atoms with E-state index in [2.05, 4.69) is 15.6 Å². The summed E-state index contributed by atoms with van der Waals surface area (Å²) in [6.07, 6.45) is 6.52. The van der Waals surface area contributed by atoms with Crippen molar-refractivity contribution >= 4 is 5.91 Å². The van der Waals surface area contributed by atoms with Gasteiger partial charge in [-0.15, -0.1) is 5.10 Å². The molecule has 2 aromatic rings. The highest BCUT2D eigenvalue weighted by Crippen LogP contribution is 2.28. The molecule has 132 valence electrons. The Morgan fingerprint density at radius 3 is 2.56 bits per heavy atom. The van der Waals surface area contributed by atoms with E-state index in [-0.39, 0.29) is 5.91 Å². The molecular formula is C19H25N5O. The molecule has 4 rings (SSSR count). The van der Waals surface area contributed by atoms with E-state index in [4.69, 9.17) is 0 Å². The van der Waals surface area contributed by atoms with Crippen molar-refractivity contribution in [2.24, 2.45) is 5.92 Å². The Kier molecular flexibility index (Phi) is 4.53. The first-order valence-corrected chi connectivity index (χ1v) is 9.21. The van der Waals surface area contributed by atoms with Crippen LogP contribution in [-0.2, 0) is 0 Å². The summed E-state index contributed by atoms with van der Waals surface area (Å²) in [6.45, 7) is 4.77. The number of nitrogens with zero attached hydrogens (tertiary/aromatic N) is 4. The van der Waals surface area contributed by atoms with Crippen LogP contribution in [0.15, 0.2) is 30.5 Å². The minimum absolute atomic E-state index is 0.0148. The second kappa shape index (κ2) is 6.96. The predicted molar refractivity (Wildman–Crippen MR) is 95.7 cm³/mol. The van der Waals surface area contributed by atoms with E-state index >= 15 is 0 Å². The Hall–Kier alpha value is -2.21. The molecule has 2 aliphatic rings. The lowest BCUT2D eigenvalue weighted by atomic mass is 10.0. The third-order valence-electron chi connectivity index (χ3n) is 5.19. The van der Waals surface area contributed by atoms with Crippen molar-refractivity contribution in [1.82, 2.24) is 25.2 Å². The number of hydrogen-bond donors (Lipinski definition) is 1. The van der Waals surface area contributed by atoms with Crippen LogP contribution in [0.4, 0.5) is 0 Å². The molecule has 1 amide bonds. The number of piperidine rings is 1. The molecule has 1 saturated heterocycles. The Balaban J connectivity index is 1.34. The molecular weight excluding hydrogens is 314 g/mol. The monoisotopic (exact) mass is 339 g/mol. The van der Waals surface area contributed by atoms with Crippen molar-refractivity contribution in [3.8, 4) is 5.69 Å². The van der Waals surface area contributed by atoms with Gasteiger partial charge in [0.2, 0.25) is 0 Å². The summed E-state index contributed by atoms with van der Waals surface area (Å²) >= 11 is 0. The van der Waals surface area contributed by atoms with E-state index in [0.29, 0.717) is 11.7 Å². The Bertz CT molecular complexity index is 727. The van der Waals surface area contributed by atoms with E-state index in [1.54, 1.807) is 10.9 Å². The Morgan fingerprint density at radius 1 is 1.16 bits per heavy atom. The van der Waals surface area contributed by atoms with E-state index < -0.39 is 0 Å². The van der Waals surface area contributed by atoms with Crippen molar-refractivity contribution < 1.29 is 4.79 Å². The summed E-state index contributed by atoms with van der Waals surface area (Å²) in [7, 11) is 0. The van der Waals surface area contributed by atoms with Crippen molar-refractivity contribution in [2.75, 3.05) is 19.6 Å². The topological polar surface area (TPSA) is 63.1 Å². The van der Waals surface area contributed by atoms with Crippen LogP contribution in [0.25, 0.3) is 5.69 Å². The molecule has 1 aromatic heterocycles. The average molecular weight is 339 g/mol. The van der Waals surface area contributed by atoms with Gasteiger partial charge in [0.05, 0.1) is 11.9 Å². The summed E-state index contributed by atoms with van der Waals surface area (Å²) in [6, 6.07) is 8.56. The molecule has 2 fully saturated rings. The van der Waals surface area contributed by atoms with E-state index in [1.165, 1.54) is 18.4 Å². The van der Waals surface area contributed by atoms with Crippen molar-refractivity contribution in [3.63, 3.8) is 0 Å². The number of aryl methyl sites for hydroxylation is 1. The van der Waals surface area contributed by atoms with E-state index in [9.17, 15) is 4.79 Å². The van der Waals surface area contributed by atoms with Gasteiger partial charge in [0.15, 0.2) is 5.69 Å². The highest BCUT2D eigenvalue weighted by Gasteiger charge is 2.27. The number of carbonyl (C=O) groups is 1. The van der Waals surface area contributed by atoms with Crippen LogP contribution in [0.2, 0.25) is 0 Å². The Morgan fingerprint density at radius 2 is 1.88 bits per heavy atom. The van der Waals surface area contributed by atoms with Crippen LogP contribution in [0.1, 0.15) is 41.7 Å². The van der Waals surface area contributed by atoms with Crippen LogP contribution >= 0.6 is 0 Å². The molecule has 0 bridgehead atoms. The second-order valence-electron chi connectivity index (χ2n) is 7.30. The van der Waals surface area contributed by atoms with Gasteiger partial charge in [0.25, 0.3) is 5.91 Å². The quantitative estimate of drug-likeness (QED) is 0.907. The number of nitrogens with one attached hydrogen (secondary N) is 1. The molecule has 1 aliphatic carbocycles. The first-order chi connectivity index (χ1) is 12.2. The fraction of sp³-hybridized carbons (Fsp3) is 0.526. The van der Waals surface area contributed by atoms with Gasteiger partial charge in [0.1, 0.15) is 0 Å². The first kappa shape index (κ1) is 16.3. The van der Waals surface area contributed by atoms with Gasteiger partial charge in [-0.3, -0.25) is 4.79 Å². The molecule has 0 spiro atoms. The van der Waals surface area contributed by atoms with Crippen LogP contribution in [0.5, 0.6) is 0 Å². The molecule has 0 radical (unpaired) electrons. The molecule has 1 aliphatic heterocycles. The molecule has 0 unspecified atom stereocenters. The Labute approximate surface area is 148 Å². The number of hydrogen-bond acceptors (Lipinski definition) is 4. The largest absolute Gasteiger partial charge is 0.337 e. The lowest BCUT2D eigenvalue weighted by Gasteiger charge is -2.32. The molecule has 1 N–H and O–H groups in total. The summed E-state index contributed by atoms with van der Waals surface area (Å²) in [5, 5.41) is 11.8. The van der Waals surface area contributed by atoms with Gasteiger partial charge in [-0.2, -0.15) is 0 Å². The van der Waals surface area contributed by atoms with Gasteiger partial charge in [0, 0.05) is 19.1 Å².